The minimum atomic E-state index is 0.378. The van der Waals surface area contributed by atoms with E-state index in [2.05, 4.69) is 41.8 Å². The van der Waals surface area contributed by atoms with E-state index < -0.39 is 0 Å². The molecule has 0 saturated carbocycles. The molecule has 4 heteroatoms. The highest BCUT2D eigenvalue weighted by atomic mass is 35.5. The third-order valence-electron chi connectivity index (χ3n) is 3.37. The first-order valence-corrected chi connectivity index (χ1v) is 7.93. The quantitative estimate of drug-likeness (QED) is 0.689. The average Bonchev–Trinajstić information content (AvgIpc) is 2.51. The monoisotopic (exact) mass is 322 g/mol. The number of nitrogens with one attached hydrogen (secondary N) is 2. The molecule has 0 aliphatic heterocycles. The minimum Gasteiger partial charge on any atom is -0.383 e. The number of benzene rings is 2. The topological polar surface area (TPSA) is 24.1 Å². The van der Waals surface area contributed by atoms with Crippen LogP contribution in [0.25, 0.3) is 0 Å². The SMILES string of the molecule is CCC(NCCNc1cc(Cl)ccc1Cl)c1ccccc1. The van der Waals surface area contributed by atoms with Gasteiger partial charge in [-0.15, -0.1) is 0 Å². The van der Waals surface area contributed by atoms with Gasteiger partial charge in [0.05, 0.1) is 10.7 Å². The lowest BCUT2D eigenvalue weighted by atomic mass is 10.0. The fourth-order valence-corrected chi connectivity index (χ4v) is 2.62. The molecule has 0 radical (unpaired) electrons. The molecular weight excluding hydrogens is 303 g/mol. The standard InChI is InChI=1S/C17H20Cl2N2/c1-2-16(13-6-4-3-5-7-13)20-10-11-21-17-12-14(18)8-9-15(17)19/h3-9,12,16,20-21H,2,10-11H2,1H3. The second kappa shape index (κ2) is 8.28. The van der Waals surface area contributed by atoms with E-state index in [1.807, 2.05) is 12.1 Å². The maximum atomic E-state index is 6.12. The van der Waals surface area contributed by atoms with Crippen LogP contribution in [0, 0.1) is 0 Å². The third-order valence-corrected chi connectivity index (χ3v) is 3.93. The molecule has 0 heterocycles. The highest BCUT2D eigenvalue weighted by molar-refractivity contribution is 6.35. The second-order valence-corrected chi connectivity index (χ2v) is 5.72. The first-order chi connectivity index (χ1) is 10.2. The normalized spacial score (nSPS) is 12.1. The molecule has 2 N–H and O–H groups in total. The van der Waals surface area contributed by atoms with Crippen molar-refractivity contribution >= 4 is 28.9 Å². The molecule has 2 nitrogen and oxygen atoms in total. The van der Waals surface area contributed by atoms with Crippen molar-refractivity contribution in [3.63, 3.8) is 0 Å². The second-order valence-electron chi connectivity index (χ2n) is 4.88. The Hall–Kier alpha value is -1.22. The Morgan fingerprint density at radius 1 is 1.00 bits per heavy atom. The molecule has 2 rings (SSSR count). The summed E-state index contributed by atoms with van der Waals surface area (Å²) in [4.78, 5) is 0. The van der Waals surface area contributed by atoms with Gasteiger partial charge in [-0.05, 0) is 30.2 Å². The van der Waals surface area contributed by atoms with Crippen LogP contribution < -0.4 is 10.6 Å². The lowest BCUT2D eigenvalue weighted by Crippen LogP contribution is -2.26. The molecule has 21 heavy (non-hydrogen) atoms. The molecule has 0 amide bonds. The van der Waals surface area contributed by atoms with Gasteiger partial charge in [0, 0.05) is 24.2 Å². The summed E-state index contributed by atoms with van der Waals surface area (Å²) in [5, 5.41) is 8.23. The highest BCUT2D eigenvalue weighted by Crippen LogP contribution is 2.25. The Labute approximate surface area is 136 Å². The molecule has 112 valence electrons. The van der Waals surface area contributed by atoms with Crippen molar-refractivity contribution in [1.82, 2.24) is 5.32 Å². The Bertz CT molecular complexity index is 558. The zero-order chi connectivity index (χ0) is 15.1. The van der Waals surface area contributed by atoms with Gasteiger partial charge in [0.2, 0.25) is 0 Å². The summed E-state index contributed by atoms with van der Waals surface area (Å²) < 4.78 is 0. The van der Waals surface area contributed by atoms with Crippen LogP contribution in [0.3, 0.4) is 0 Å². The lowest BCUT2D eigenvalue weighted by molar-refractivity contribution is 0.531. The van der Waals surface area contributed by atoms with Crippen molar-refractivity contribution in [1.29, 1.82) is 0 Å². The van der Waals surface area contributed by atoms with Gasteiger partial charge < -0.3 is 10.6 Å². The molecule has 0 bridgehead atoms. The fraction of sp³-hybridized carbons (Fsp3) is 0.294. The van der Waals surface area contributed by atoms with Crippen LogP contribution >= 0.6 is 23.2 Å². The Kier molecular flexibility index (Phi) is 6.37. The number of halogens is 2. The molecule has 0 aliphatic rings. The van der Waals surface area contributed by atoms with E-state index >= 15 is 0 Å². The average molecular weight is 323 g/mol. The maximum absolute atomic E-state index is 6.12. The molecular formula is C17H20Cl2N2. The summed E-state index contributed by atoms with van der Waals surface area (Å²) in [7, 11) is 0. The van der Waals surface area contributed by atoms with Gasteiger partial charge in [-0.25, -0.2) is 0 Å². The van der Waals surface area contributed by atoms with Gasteiger partial charge in [0.25, 0.3) is 0 Å². The summed E-state index contributed by atoms with van der Waals surface area (Å²) in [5.41, 5.74) is 2.19. The van der Waals surface area contributed by atoms with Gasteiger partial charge in [0.15, 0.2) is 0 Å². The van der Waals surface area contributed by atoms with E-state index in [0.717, 1.165) is 25.2 Å². The van der Waals surface area contributed by atoms with Crippen LogP contribution in [0.15, 0.2) is 48.5 Å². The number of hydrogen-bond acceptors (Lipinski definition) is 2. The predicted molar refractivity (Wildman–Crippen MR) is 92.4 cm³/mol. The lowest BCUT2D eigenvalue weighted by Gasteiger charge is -2.18. The highest BCUT2D eigenvalue weighted by Gasteiger charge is 2.07. The molecule has 0 aliphatic carbocycles. The van der Waals surface area contributed by atoms with Crippen molar-refractivity contribution in [2.75, 3.05) is 18.4 Å². The number of rotatable bonds is 7. The Morgan fingerprint density at radius 2 is 1.76 bits per heavy atom. The van der Waals surface area contributed by atoms with Crippen LogP contribution in [0.4, 0.5) is 5.69 Å². The predicted octanol–water partition coefficient (Wildman–Crippen LogP) is 5.15. The summed E-state index contributed by atoms with van der Waals surface area (Å²) >= 11 is 12.1. The van der Waals surface area contributed by atoms with Crippen molar-refractivity contribution in [2.24, 2.45) is 0 Å². The zero-order valence-electron chi connectivity index (χ0n) is 12.1. The number of hydrogen-bond donors (Lipinski definition) is 2. The molecule has 1 unspecified atom stereocenters. The van der Waals surface area contributed by atoms with Crippen molar-refractivity contribution < 1.29 is 0 Å². The van der Waals surface area contributed by atoms with E-state index in [4.69, 9.17) is 23.2 Å². The van der Waals surface area contributed by atoms with E-state index in [1.54, 1.807) is 12.1 Å². The molecule has 0 spiro atoms. The van der Waals surface area contributed by atoms with Gasteiger partial charge >= 0.3 is 0 Å². The summed E-state index contributed by atoms with van der Waals surface area (Å²) in [6.07, 6.45) is 1.06. The van der Waals surface area contributed by atoms with Gasteiger partial charge in [-0.2, -0.15) is 0 Å². The minimum absolute atomic E-state index is 0.378. The first kappa shape index (κ1) is 16.2. The van der Waals surface area contributed by atoms with Crippen molar-refractivity contribution in [3.05, 3.63) is 64.1 Å². The molecule has 0 saturated heterocycles. The van der Waals surface area contributed by atoms with E-state index in [0.29, 0.717) is 16.1 Å². The zero-order valence-corrected chi connectivity index (χ0v) is 13.6. The third kappa shape index (κ3) is 4.92. The van der Waals surface area contributed by atoms with Crippen molar-refractivity contribution in [2.45, 2.75) is 19.4 Å². The van der Waals surface area contributed by atoms with Crippen molar-refractivity contribution in [3.8, 4) is 0 Å². The summed E-state index contributed by atoms with van der Waals surface area (Å²) in [5.74, 6) is 0. The van der Waals surface area contributed by atoms with Gasteiger partial charge in [-0.1, -0.05) is 60.5 Å². The Balaban J connectivity index is 1.82. The maximum Gasteiger partial charge on any atom is 0.0638 e. The summed E-state index contributed by atoms with van der Waals surface area (Å²) in [6, 6.07) is 16.3. The first-order valence-electron chi connectivity index (χ1n) is 7.18. The van der Waals surface area contributed by atoms with Crippen LogP contribution in [-0.2, 0) is 0 Å². The largest absolute Gasteiger partial charge is 0.383 e. The van der Waals surface area contributed by atoms with E-state index in [-0.39, 0.29) is 0 Å². The molecule has 0 aromatic heterocycles. The molecule has 0 fully saturated rings. The van der Waals surface area contributed by atoms with E-state index in [9.17, 15) is 0 Å². The fourth-order valence-electron chi connectivity index (χ4n) is 2.26. The Morgan fingerprint density at radius 3 is 2.48 bits per heavy atom. The smallest absolute Gasteiger partial charge is 0.0638 e. The molecule has 2 aromatic rings. The van der Waals surface area contributed by atoms with E-state index in [1.165, 1.54) is 5.56 Å². The van der Waals surface area contributed by atoms with Crippen LogP contribution in [-0.4, -0.2) is 13.1 Å². The van der Waals surface area contributed by atoms with Crippen LogP contribution in [0.2, 0.25) is 10.0 Å². The van der Waals surface area contributed by atoms with Crippen LogP contribution in [0.5, 0.6) is 0 Å². The van der Waals surface area contributed by atoms with Crippen LogP contribution in [0.1, 0.15) is 24.9 Å². The van der Waals surface area contributed by atoms with Gasteiger partial charge in [-0.3, -0.25) is 0 Å². The summed E-state index contributed by atoms with van der Waals surface area (Å²) in [6.45, 7) is 3.84. The molecule has 1 atom stereocenters. The van der Waals surface area contributed by atoms with Gasteiger partial charge in [0.1, 0.15) is 0 Å². The number of anilines is 1. The molecule has 2 aromatic carbocycles.